The van der Waals surface area contributed by atoms with Crippen LogP contribution in [-0.2, 0) is 0 Å². The van der Waals surface area contributed by atoms with Crippen LogP contribution in [0.25, 0.3) is 0 Å². The van der Waals surface area contributed by atoms with E-state index in [1.165, 1.54) is 11.1 Å². The quantitative estimate of drug-likeness (QED) is 0.835. The monoisotopic (exact) mass is 367 g/mol. The van der Waals surface area contributed by atoms with Gasteiger partial charge in [0.1, 0.15) is 0 Å². The van der Waals surface area contributed by atoms with E-state index in [4.69, 9.17) is 17.3 Å². The summed E-state index contributed by atoms with van der Waals surface area (Å²) in [6.45, 7) is 4.52. The summed E-state index contributed by atoms with van der Waals surface area (Å²) in [5.74, 6) is -0.141. The lowest BCUT2D eigenvalue weighted by molar-refractivity contribution is 0.147. The first-order chi connectivity index (χ1) is 9.93. The zero-order chi connectivity index (χ0) is 15.6. The molecule has 0 fully saturated rings. The van der Waals surface area contributed by atoms with Gasteiger partial charge in [-0.1, -0.05) is 35.9 Å². The third-order valence-corrected chi connectivity index (χ3v) is 5.09. The summed E-state index contributed by atoms with van der Waals surface area (Å²) in [5.41, 5.74) is 10.2. The molecule has 0 spiro atoms. The van der Waals surface area contributed by atoms with Crippen LogP contribution >= 0.6 is 27.5 Å². The number of hydrogen-bond donors (Lipinski definition) is 2. The van der Waals surface area contributed by atoms with Gasteiger partial charge in [-0.2, -0.15) is 0 Å². The maximum absolute atomic E-state index is 10.7. The van der Waals surface area contributed by atoms with Crippen LogP contribution in [0.3, 0.4) is 0 Å². The molecule has 2 aromatic carbocycles. The average Bonchev–Trinajstić information content (AvgIpc) is 2.46. The van der Waals surface area contributed by atoms with Gasteiger partial charge in [0.25, 0.3) is 0 Å². The molecule has 0 saturated heterocycles. The van der Waals surface area contributed by atoms with E-state index in [1.54, 1.807) is 6.07 Å². The van der Waals surface area contributed by atoms with Gasteiger partial charge in [0, 0.05) is 16.9 Å². The topological polar surface area (TPSA) is 46.2 Å². The number of halogens is 2. The van der Waals surface area contributed by atoms with Gasteiger partial charge >= 0.3 is 0 Å². The lowest BCUT2D eigenvalue weighted by atomic mass is 9.88. The molecule has 21 heavy (non-hydrogen) atoms. The van der Waals surface area contributed by atoms with Gasteiger partial charge in [0.05, 0.1) is 11.1 Å². The molecule has 0 aliphatic rings. The Bertz CT molecular complexity index is 645. The number of aliphatic hydroxyl groups excluding tert-OH is 1. The maximum Gasteiger partial charge on any atom is 0.0871 e. The summed E-state index contributed by atoms with van der Waals surface area (Å²) in [5, 5.41) is 11.3. The number of hydrogen-bond acceptors (Lipinski definition) is 2. The highest BCUT2D eigenvalue weighted by Gasteiger charge is 2.22. The predicted molar refractivity (Wildman–Crippen MR) is 91.8 cm³/mol. The zero-order valence-corrected chi connectivity index (χ0v) is 14.4. The van der Waals surface area contributed by atoms with Crippen molar-refractivity contribution in [2.75, 3.05) is 6.54 Å². The van der Waals surface area contributed by atoms with Crippen molar-refractivity contribution >= 4 is 27.5 Å². The van der Waals surface area contributed by atoms with E-state index in [-0.39, 0.29) is 5.92 Å². The Kier molecular flexibility index (Phi) is 5.44. The number of rotatable bonds is 4. The Morgan fingerprint density at radius 2 is 1.76 bits per heavy atom. The van der Waals surface area contributed by atoms with E-state index in [0.717, 1.165) is 15.6 Å². The second-order valence-corrected chi connectivity index (χ2v) is 6.57. The highest BCUT2D eigenvalue weighted by atomic mass is 79.9. The molecule has 3 N–H and O–H groups in total. The highest BCUT2D eigenvalue weighted by molar-refractivity contribution is 9.10. The Hall–Kier alpha value is -0.870. The maximum atomic E-state index is 10.7. The van der Waals surface area contributed by atoms with Crippen molar-refractivity contribution in [2.24, 2.45) is 5.73 Å². The Morgan fingerprint density at radius 3 is 2.33 bits per heavy atom. The molecule has 0 bridgehead atoms. The lowest BCUT2D eigenvalue weighted by Gasteiger charge is -2.23. The molecule has 4 heteroatoms. The molecular formula is C17H19BrClNO. The second-order valence-electron chi connectivity index (χ2n) is 5.30. The number of aryl methyl sites for hydroxylation is 2. The molecular weight excluding hydrogens is 350 g/mol. The fourth-order valence-electron chi connectivity index (χ4n) is 2.37. The van der Waals surface area contributed by atoms with Gasteiger partial charge in [-0.15, -0.1) is 0 Å². The molecule has 0 aromatic heterocycles. The largest absolute Gasteiger partial charge is 0.388 e. The van der Waals surface area contributed by atoms with E-state index >= 15 is 0 Å². The molecule has 2 rings (SSSR count). The predicted octanol–water partition coefficient (Wildman–Crippen LogP) is 4.50. The van der Waals surface area contributed by atoms with Gasteiger partial charge in [-0.3, -0.25) is 0 Å². The van der Waals surface area contributed by atoms with Crippen LogP contribution in [0.5, 0.6) is 0 Å². The summed E-state index contributed by atoms with van der Waals surface area (Å²) < 4.78 is 0.775. The first kappa shape index (κ1) is 16.5. The van der Waals surface area contributed by atoms with Gasteiger partial charge in [-0.25, -0.2) is 0 Å². The van der Waals surface area contributed by atoms with Crippen LogP contribution < -0.4 is 5.73 Å². The van der Waals surface area contributed by atoms with E-state index in [2.05, 4.69) is 41.9 Å². The number of nitrogens with two attached hydrogens (primary N) is 1. The summed E-state index contributed by atoms with van der Waals surface area (Å²) in [6.07, 6.45) is -0.661. The van der Waals surface area contributed by atoms with Crippen molar-refractivity contribution in [3.63, 3.8) is 0 Å². The minimum Gasteiger partial charge on any atom is -0.388 e. The number of aliphatic hydroxyl groups is 1. The van der Waals surface area contributed by atoms with Crippen LogP contribution in [-0.4, -0.2) is 11.7 Å². The average molecular weight is 369 g/mol. The van der Waals surface area contributed by atoms with Crippen molar-refractivity contribution < 1.29 is 5.11 Å². The van der Waals surface area contributed by atoms with Crippen LogP contribution in [0.4, 0.5) is 0 Å². The van der Waals surface area contributed by atoms with Gasteiger partial charge in [-0.05, 0) is 64.2 Å². The molecule has 112 valence electrons. The minimum atomic E-state index is -0.661. The van der Waals surface area contributed by atoms with Crippen molar-refractivity contribution in [3.05, 3.63) is 68.1 Å². The summed E-state index contributed by atoms with van der Waals surface area (Å²) >= 11 is 9.39. The second kappa shape index (κ2) is 6.93. The SMILES string of the molecule is Cc1ccc(C(CN)C(O)c2ccc(Cl)c(Br)c2)cc1C. The van der Waals surface area contributed by atoms with Crippen LogP contribution in [0.2, 0.25) is 5.02 Å². The summed E-state index contributed by atoms with van der Waals surface area (Å²) in [7, 11) is 0. The van der Waals surface area contributed by atoms with E-state index in [0.29, 0.717) is 11.6 Å². The van der Waals surface area contributed by atoms with Crippen LogP contribution in [0.15, 0.2) is 40.9 Å². The molecule has 0 heterocycles. The van der Waals surface area contributed by atoms with Crippen molar-refractivity contribution in [3.8, 4) is 0 Å². The van der Waals surface area contributed by atoms with Gasteiger partial charge in [0.2, 0.25) is 0 Å². The summed E-state index contributed by atoms with van der Waals surface area (Å²) in [4.78, 5) is 0. The van der Waals surface area contributed by atoms with E-state index in [9.17, 15) is 5.11 Å². The highest BCUT2D eigenvalue weighted by Crippen LogP contribution is 2.34. The smallest absolute Gasteiger partial charge is 0.0871 e. The molecule has 0 saturated carbocycles. The molecule has 2 aromatic rings. The Labute approximate surface area is 139 Å². The third kappa shape index (κ3) is 3.67. The lowest BCUT2D eigenvalue weighted by Crippen LogP contribution is -2.20. The third-order valence-electron chi connectivity index (χ3n) is 3.88. The Balaban J connectivity index is 2.35. The fraction of sp³-hybridized carbons (Fsp3) is 0.294. The first-order valence-corrected chi connectivity index (χ1v) is 8.01. The molecule has 0 aliphatic heterocycles. The first-order valence-electron chi connectivity index (χ1n) is 6.84. The molecule has 2 nitrogen and oxygen atoms in total. The van der Waals surface area contributed by atoms with Crippen molar-refractivity contribution in [1.29, 1.82) is 0 Å². The molecule has 2 unspecified atom stereocenters. The minimum absolute atomic E-state index is 0.141. The fourth-order valence-corrected chi connectivity index (χ4v) is 2.89. The van der Waals surface area contributed by atoms with Crippen LogP contribution in [0, 0.1) is 13.8 Å². The van der Waals surface area contributed by atoms with Gasteiger partial charge < -0.3 is 10.8 Å². The van der Waals surface area contributed by atoms with E-state index < -0.39 is 6.10 Å². The van der Waals surface area contributed by atoms with Crippen molar-refractivity contribution in [1.82, 2.24) is 0 Å². The molecule has 0 radical (unpaired) electrons. The van der Waals surface area contributed by atoms with Crippen molar-refractivity contribution in [2.45, 2.75) is 25.9 Å². The zero-order valence-electron chi connectivity index (χ0n) is 12.1. The normalized spacial score (nSPS) is 14.0. The standard InChI is InChI=1S/C17H19BrClNO/c1-10-3-4-12(7-11(10)2)14(9-20)17(21)13-5-6-16(19)15(18)8-13/h3-8,14,17,21H,9,20H2,1-2H3. The molecule has 0 amide bonds. The molecule has 0 aliphatic carbocycles. The number of benzene rings is 2. The Morgan fingerprint density at radius 1 is 1.10 bits per heavy atom. The van der Waals surface area contributed by atoms with Crippen LogP contribution in [0.1, 0.15) is 34.3 Å². The van der Waals surface area contributed by atoms with E-state index in [1.807, 2.05) is 18.2 Å². The van der Waals surface area contributed by atoms with Gasteiger partial charge in [0.15, 0.2) is 0 Å². The summed E-state index contributed by atoms with van der Waals surface area (Å²) in [6, 6.07) is 11.7. The molecule has 2 atom stereocenters.